The smallest absolute Gasteiger partial charge is 0.224 e. The summed E-state index contributed by atoms with van der Waals surface area (Å²) in [5, 5.41) is 2.89. The van der Waals surface area contributed by atoms with Crippen molar-refractivity contribution in [1.82, 2.24) is 0 Å². The molecule has 0 aliphatic heterocycles. The van der Waals surface area contributed by atoms with Gasteiger partial charge >= 0.3 is 0 Å². The van der Waals surface area contributed by atoms with Gasteiger partial charge in [0.1, 0.15) is 5.82 Å². The van der Waals surface area contributed by atoms with Gasteiger partial charge in [0.25, 0.3) is 0 Å². The average Bonchev–Trinajstić information content (AvgIpc) is 2.37. The van der Waals surface area contributed by atoms with E-state index in [0.29, 0.717) is 11.4 Å². The second-order valence-electron chi connectivity index (χ2n) is 4.69. The van der Waals surface area contributed by atoms with E-state index in [9.17, 15) is 9.18 Å². The first-order chi connectivity index (χ1) is 9.13. The Balaban J connectivity index is 2.23. The summed E-state index contributed by atoms with van der Waals surface area (Å²) < 4.78 is 13.4. The predicted molar refractivity (Wildman–Crippen MR) is 78.0 cm³/mol. The molecule has 19 heavy (non-hydrogen) atoms. The van der Waals surface area contributed by atoms with Gasteiger partial charge in [0, 0.05) is 11.4 Å². The zero-order valence-electron chi connectivity index (χ0n) is 11.3. The van der Waals surface area contributed by atoms with Crippen molar-refractivity contribution in [2.45, 2.75) is 51.9 Å². The van der Waals surface area contributed by atoms with Gasteiger partial charge in [0.2, 0.25) is 5.91 Å². The zero-order valence-corrected chi connectivity index (χ0v) is 12.1. The molecule has 106 valence electrons. The maximum Gasteiger partial charge on any atom is 0.224 e. The number of unbranched alkanes of at least 4 members (excludes halogenated alkanes) is 5. The largest absolute Gasteiger partial charge is 0.324 e. The number of carbonyl (C=O) groups excluding carboxylic acids is 1. The Kier molecular flexibility index (Phi) is 7.49. The number of benzene rings is 1. The van der Waals surface area contributed by atoms with Crippen LogP contribution in [0.1, 0.15) is 51.9 Å². The molecule has 4 heteroatoms. The van der Waals surface area contributed by atoms with Crippen molar-refractivity contribution in [2.75, 3.05) is 5.32 Å². The van der Waals surface area contributed by atoms with Crippen LogP contribution in [0.3, 0.4) is 0 Å². The Bertz CT molecular complexity index is 409. The van der Waals surface area contributed by atoms with Crippen LogP contribution >= 0.6 is 11.6 Å². The summed E-state index contributed by atoms with van der Waals surface area (Å²) in [5.74, 6) is -0.638. The molecule has 0 saturated heterocycles. The molecule has 1 amide bonds. The molecule has 0 unspecified atom stereocenters. The third-order valence-corrected chi connectivity index (χ3v) is 3.20. The molecule has 0 aliphatic carbocycles. The Morgan fingerprint density at radius 2 is 1.89 bits per heavy atom. The van der Waals surface area contributed by atoms with Crippen LogP contribution in [0.5, 0.6) is 0 Å². The average molecular weight is 286 g/mol. The normalized spacial score (nSPS) is 10.5. The maximum atomic E-state index is 13.4. The monoisotopic (exact) mass is 285 g/mol. The number of amides is 1. The molecule has 0 atom stereocenters. The second-order valence-corrected chi connectivity index (χ2v) is 5.13. The zero-order chi connectivity index (χ0) is 14.1. The van der Waals surface area contributed by atoms with Crippen LogP contribution < -0.4 is 5.32 Å². The number of hydrogen-bond donors (Lipinski definition) is 1. The molecule has 1 aromatic rings. The minimum absolute atomic E-state index is 0.142. The first-order valence-electron chi connectivity index (χ1n) is 6.88. The summed E-state index contributed by atoms with van der Waals surface area (Å²) in [7, 11) is 0. The summed E-state index contributed by atoms with van der Waals surface area (Å²) in [5.41, 5.74) is 0.195. The maximum absolute atomic E-state index is 13.4. The number of hydrogen-bond acceptors (Lipinski definition) is 1. The van der Waals surface area contributed by atoms with Gasteiger partial charge in [0.05, 0.1) is 5.69 Å². The third-order valence-electron chi connectivity index (χ3n) is 2.96. The lowest BCUT2D eigenvalue weighted by Crippen LogP contribution is -2.12. The van der Waals surface area contributed by atoms with E-state index in [4.69, 9.17) is 11.6 Å². The Hall–Kier alpha value is -1.09. The molecule has 1 N–H and O–H groups in total. The summed E-state index contributed by atoms with van der Waals surface area (Å²) in [6.07, 6.45) is 7.20. The molecule has 0 heterocycles. The number of carbonyl (C=O) groups is 1. The number of rotatable bonds is 8. The van der Waals surface area contributed by atoms with Crippen molar-refractivity contribution >= 4 is 23.2 Å². The van der Waals surface area contributed by atoms with Crippen LogP contribution in [0.25, 0.3) is 0 Å². The number of halogens is 2. The molecular weight excluding hydrogens is 265 g/mol. The van der Waals surface area contributed by atoms with Crippen LogP contribution in [0, 0.1) is 5.82 Å². The van der Waals surface area contributed by atoms with Crippen LogP contribution in [0.4, 0.5) is 10.1 Å². The van der Waals surface area contributed by atoms with Gasteiger partial charge in [-0.15, -0.1) is 0 Å². The van der Waals surface area contributed by atoms with Crippen molar-refractivity contribution in [1.29, 1.82) is 0 Å². The van der Waals surface area contributed by atoms with Gasteiger partial charge in [0.15, 0.2) is 0 Å². The Morgan fingerprint density at radius 3 is 2.58 bits per heavy atom. The van der Waals surface area contributed by atoms with Crippen molar-refractivity contribution in [2.24, 2.45) is 0 Å². The SMILES string of the molecule is CCCCCCCCC(=O)Nc1ccc(Cl)cc1F. The molecule has 0 saturated carbocycles. The van der Waals surface area contributed by atoms with Crippen molar-refractivity contribution in [3.63, 3.8) is 0 Å². The van der Waals surface area contributed by atoms with Crippen LogP contribution in [0.15, 0.2) is 18.2 Å². The molecule has 0 radical (unpaired) electrons. The molecule has 0 bridgehead atoms. The fraction of sp³-hybridized carbons (Fsp3) is 0.533. The lowest BCUT2D eigenvalue weighted by molar-refractivity contribution is -0.116. The summed E-state index contributed by atoms with van der Waals surface area (Å²) in [6.45, 7) is 2.17. The molecule has 0 aromatic heterocycles. The van der Waals surface area contributed by atoms with Crippen LogP contribution in [-0.4, -0.2) is 5.91 Å². The van der Waals surface area contributed by atoms with Gasteiger partial charge in [-0.2, -0.15) is 0 Å². The first kappa shape index (κ1) is 16.0. The highest BCUT2D eigenvalue weighted by Crippen LogP contribution is 2.19. The second kappa shape index (κ2) is 8.92. The minimum Gasteiger partial charge on any atom is -0.324 e. The molecular formula is C15H21ClFNO. The fourth-order valence-corrected chi connectivity index (χ4v) is 2.03. The molecule has 0 aliphatic rings. The van der Waals surface area contributed by atoms with E-state index in [1.54, 1.807) is 6.07 Å². The number of anilines is 1. The highest BCUT2D eigenvalue weighted by atomic mass is 35.5. The summed E-state index contributed by atoms with van der Waals surface area (Å²) in [4.78, 5) is 11.6. The highest BCUT2D eigenvalue weighted by molar-refractivity contribution is 6.30. The standard InChI is InChI=1S/C15H21ClFNO/c1-2-3-4-5-6-7-8-15(19)18-14-10-9-12(16)11-13(14)17/h9-11H,2-8H2,1H3,(H,18,19). The molecule has 1 rings (SSSR count). The quantitative estimate of drug-likeness (QED) is 0.656. The van der Waals surface area contributed by atoms with E-state index >= 15 is 0 Å². The molecule has 0 spiro atoms. The Labute approximate surface area is 119 Å². The molecule has 2 nitrogen and oxygen atoms in total. The third kappa shape index (κ3) is 6.58. The van der Waals surface area contributed by atoms with Gasteiger partial charge < -0.3 is 5.32 Å². The van der Waals surface area contributed by atoms with Crippen LogP contribution in [-0.2, 0) is 4.79 Å². The topological polar surface area (TPSA) is 29.1 Å². The van der Waals surface area contributed by atoms with E-state index in [0.717, 1.165) is 19.3 Å². The highest BCUT2D eigenvalue weighted by Gasteiger charge is 2.07. The van der Waals surface area contributed by atoms with E-state index in [1.807, 2.05) is 0 Å². The summed E-state index contributed by atoms with van der Waals surface area (Å²) in [6, 6.07) is 4.24. The summed E-state index contributed by atoms with van der Waals surface area (Å²) >= 11 is 5.64. The molecule has 0 fully saturated rings. The van der Waals surface area contributed by atoms with Crippen molar-refractivity contribution in [3.05, 3.63) is 29.0 Å². The first-order valence-corrected chi connectivity index (χ1v) is 7.26. The van der Waals surface area contributed by atoms with Gasteiger partial charge in [-0.3, -0.25) is 4.79 Å². The van der Waals surface area contributed by atoms with Gasteiger partial charge in [-0.25, -0.2) is 4.39 Å². The van der Waals surface area contributed by atoms with Crippen LogP contribution in [0.2, 0.25) is 5.02 Å². The van der Waals surface area contributed by atoms with Crippen molar-refractivity contribution < 1.29 is 9.18 Å². The lowest BCUT2D eigenvalue weighted by Gasteiger charge is -2.06. The minimum atomic E-state index is -0.496. The lowest BCUT2D eigenvalue weighted by atomic mass is 10.1. The Morgan fingerprint density at radius 1 is 1.21 bits per heavy atom. The van der Waals surface area contributed by atoms with Gasteiger partial charge in [-0.1, -0.05) is 50.6 Å². The van der Waals surface area contributed by atoms with E-state index < -0.39 is 5.82 Å². The van der Waals surface area contributed by atoms with E-state index in [2.05, 4.69) is 12.2 Å². The molecule has 1 aromatic carbocycles. The van der Waals surface area contributed by atoms with Gasteiger partial charge in [-0.05, 0) is 24.6 Å². The van der Waals surface area contributed by atoms with E-state index in [1.165, 1.54) is 31.4 Å². The van der Waals surface area contributed by atoms with E-state index in [-0.39, 0.29) is 11.6 Å². The van der Waals surface area contributed by atoms with Crippen molar-refractivity contribution in [3.8, 4) is 0 Å². The number of nitrogens with one attached hydrogen (secondary N) is 1. The predicted octanol–water partition coefficient (Wildman–Crippen LogP) is 5.17. The fourth-order valence-electron chi connectivity index (χ4n) is 1.87.